The van der Waals surface area contributed by atoms with E-state index in [1.165, 1.54) is 11.0 Å². The van der Waals surface area contributed by atoms with E-state index in [1.54, 1.807) is 48.5 Å². The van der Waals surface area contributed by atoms with Gasteiger partial charge in [0.1, 0.15) is 18.2 Å². The maximum atomic E-state index is 13.6. The number of halogens is 1. The van der Waals surface area contributed by atoms with Crippen LogP contribution in [0.5, 0.6) is 5.75 Å². The number of thioether (sulfide) groups is 1. The van der Waals surface area contributed by atoms with Crippen molar-refractivity contribution in [2.75, 3.05) is 0 Å². The predicted octanol–water partition coefficient (Wildman–Crippen LogP) is 5.24. The van der Waals surface area contributed by atoms with E-state index >= 15 is 0 Å². The van der Waals surface area contributed by atoms with Crippen LogP contribution in [0.4, 0.5) is 9.18 Å². The summed E-state index contributed by atoms with van der Waals surface area (Å²) in [5.41, 5.74) is 1.28. The quantitative estimate of drug-likeness (QED) is 0.638. The molecule has 140 valence electrons. The Balaban J connectivity index is 1.67. The summed E-state index contributed by atoms with van der Waals surface area (Å²) < 4.78 is 19.2. The molecule has 2 amide bonds. The van der Waals surface area contributed by atoms with E-state index in [2.05, 4.69) is 0 Å². The van der Waals surface area contributed by atoms with Crippen LogP contribution in [0, 0.1) is 5.82 Å². The van der Waals surface area contributed by atoms with Gasteiger partial charge in [-0.2, -0.15) is 0 Å². The van der Waals surface area contributed by atoms with Crippen molar-refractivity contribution in [3.05, 3.63) is 70.4 Å². The van der Waals surface area contributed by atoms with Crippen molar-refractivity contribution in [2.45, 2.75) is 32.9 Å². The van der Waals surface area contributed by atoms with Crippen molar-refractivity contribution in [2.24, 2.45) is 0 Å². The Bertz CT molecular complexity index is 879. The molecule has 4 nitrogen and oxygen atoms in total. The fourth-order valence-corrected chi connectivity index (χ4v) is 3.56. The SMILES string of the molecule is CC[C@H](C)N1C(=O)S/C(=C/c2ccc(OCc3ccccc3F)cc2)C1=O. The molecule has 1 fully saturated rings. The zero-order valence-corrected chi connectivity index (χ0v) is 16.0. The highest BCUT2D eigenvalue weighted by atomic mass is 32.2. The molecule has 0 spiro atoms. The topological polar surface area (TPSA) is 46.6 Å². The number of ether oxygens (including phenoxy) is 1. The van der Waals surface area contributed by atoms with Crippen LogP contribution in [0.2, 0.25) is 0 Å². The van der Waals surface area contributed by atoms with Gasteiger partial charge >= 0.3 is 0 Å². The van der Waals surface area contributed by atoms with Crippen molar-refractivity contribution in [3.63, 3.8) is 0 Å². The Hall–Kier alpha value is -2.60. The summed E-state index contributed by atoms with van der Waals surface area (Å²) in [5, 5.41) is -0.231. The second kappa shape index (κ2) is 8.39. The fraction of sp³-hybridized carbons (Fsp3) is 0.238. The minimum atomic E-state index is -0.300. The lowest BCUT2D eigenvalue weighted by molar-refractivity contribution is -0.124. The van der Waals surface area contributed by atoms with Crippen LogP contribution < -0.4 is 4.74 Å². The molecule has 6 heteroatoms. The van der Waals surface area contributed by atoms with Crippen LogP contribution in [-0.4, -0.2) is 22.1 Å². The Labute approximate surface area is 162 Å². The van der Waals surface area contributed by atoms with Gasteiger partial charge in [0.25, 0.3) is 11.1 Å². The first-order valence-electron chi connectivity index (χ1n) is 8.73. The molecule has 0 bridgehead atoms. The first kappa shape index (κ1) is 19.2. The summed E-state index contributed by atoms with van der Waals surface area (Å²) in [7, 11) is 0. The lowest BCUT2D eigenvalue weighted by Crippen LogP contribution is -2.36. The molecule has 0 aromatic heterocycles. The third-order valence-electron chi connectivity index (χ3n) is 4.39. The Morgan fingerprint density at radius 1 is 1.15 bits per heavy atom. The van der Waals surface area contributed by atoms with Crippen molar-refractivity contribution >= 4 is 29.0 Å². The van der Waals surface area contributed by atoms with Crippen LogP contribution in [0.3, 0.4) is 0 Å². The van der Waals surface area contributed by atoms with Crippen molar-refractivity contribution in [1.82, 2.24) is 4.90 Å². The van der Waals surface area contributed by atoms with E-state index in [1.807, 2.05) is 13.8 Å². The lowest BCUT2D eigenvalue weighted by atomic mass is 10.2. The van der Waals surface area contributed by atoms with Gasteiger partial charge in [0.05, 0.1) is 4.91 Å². The number of hydrogen-bond donors (Lipinski definition) is 0. The molecule has 1 aliphatic rings. The van der Waals surface area contributed by atoms with Gasteiger partial charge in [0, 0.05) is 11.6 Å². The Kier molecular flexibility index (Phi) is 5.96. The minimum Gasteiger partial charge on any atom is -0.489 e. The zero-order valence-electron chi connectivity index (χ0n) is 15.1. The number of hydrogen-bond acceptors (Lipinski definition) is 4. The van der Waals surface area contributed by atoms with Gasteiger partial charge in [-0.1, -0.05) is 37.3 Å². The Morgan fingerprint density at radius 2 is 1.85 bits per heavy atom. The average molecular weight is 385 g/mol. The van der Waals surface area contributed by atoms with Gasteiger partial charge in [-0.3, -0.25) is 14.5 Å². The third-order valence-corrected chi connectivity index (χ3v) is 5.27. The summed E-state index contributed by atoms with van der Waals surface area (Å²) in [6.45, 7) is 3.94. The third kappa shape index (κ3) is 4.39. The summed E-state index contributed by atoms with van der Waals surface area (Å²) in [4.78, 5) is 26.2. The van der Waals surface area contributed by atoms with Crippen LogP contribution in [0.1, 0.15) is 31.4 Å². The van der Waals surface area contributed by atoms with E-state index in [0.29, 0.717) is 16.2 Å². The molecule has 1 saturated heterocycles. The minimum absolute atomic E-state index is 0.113. The number of benzene rings is 2. The van der Waals surface area contributed by atoms with Gasteiger partial charge in [0.15, 0.2) is 0 Å². The second-order valence-corrected chi connectivity index (χ2v) is 7.25. The van der Waals surface area contributed by atoms with Crippen LogP contribution in [0.15, 0.2) is 53.4 Å². The molecule has 27 heavy (non-hydrogen) atoms. The van der Waals surface area contributed by atoms with Gasteiger partial charge < -0.3 is 4.74 Å². The highest BCUT2D eigenvalue weighted by molar-refractivity contribution is 8.18. The summed E-state index contributed by atoms with van der Waals surface area (Å²) in [6.07, 6.45) is 2.42. The molecular weight excluding hydrogens is 365 g/mol. The largest absolute Gasteiger partial charge is 0.489 e. The van der Waals surface area contributed by atoms with Crippen molar-refractivity contribution in [3.8, 4) is 5.75 Å². The normalized spacial score (nSPS) is 16.9. The van der Waals surface area contributed by atoms with Crippen LogP contribution in [0.25, 0.3) is 6.08 Å². The van der Waals surface area contributed by atoms with E-state index < -0.39 is 0 Å². The molecule has 0 aliphatic carbocycles. The van der Waals surface area contributed by atoms with Gasteiger partial charge in [-0.05, 0) is 54.9 Å². The smallest absolute Gasteiger partial charge is 0.293 e. The van der Waals surface area contributed by atoms with Gasteiger partial charge in [-0.15, -0.1) is 0 Å². The molecule has 2 aromatic rings. The molecule has 1 heterocycles. The van der Waals surface area contributed by atoms with E-state index in [9.17, 15) is 14.0 Å². The van der Waals surface area contributed by atoms with Crippen LogP contribution >= 0.6 is 11.8 Å². The summed E-state index contributed by atoms with van der Waals surface area (Å²) >= 11 is 0.959. The monoisotopic (exact) mass is 385 g/mol. The number of imide groups is 1. The number of nitrogens with zero attached hydrogens (tertiary/aromatic N) is 1. The molecule has 0 unspecified atom stereocenters. The molecule has 3 rings (SSSR count). The molecule has 0 saturated carbocycles. The fourth-order valence-electron chi connectivity index (χ4n) is 2.63. The molecule has 1 atom stereocenters. The molecule has 2 aromatic carbocycles. The standard InChI is InChI=1S/C21H20FNO3S/c1-3-14(2)23-20(24)19(27-21(23)25)12-15-8-10-17(11-9-15)26-13-16-6-4-5-7-18(16)22/h4-12,14H,3,13H2,1-2H3/b19-12+/t14-/m0/s1. The van der Waals surface area contributed by atoms with E-state index in [4.69, 9.17) is 4.74 Å². The zero-order chi connectivity index (χ0) is 19.4. The van der Waals surface area contributed by atoms with Gasteiger partial charge in [0.2, 0.25) is 0 Å². The van der Waals surface area contributed by atoms with Crippen LogP contribution in [-0.2, 0) is 11.4 Å². The number of rotatable bonds is 6. The highest BCUT2D eigenvalue weighted by Gasteiger charge is 2.37. The maximum absolute atomic E-state index is 13.6. The van der Waals surface area contributed by atoms with Gasteiger partial charge in [-0.25, -0.2) is 4.39 Å². The first-order chi connectivity index (χ1) is 13.0. The predicted molar refractivity (Wildman–Crippen MR) is 105 cm³/mol. The average Bonchev–Trinajstić information content (AvgIpc) is 2.95. The molecule has 0 N–H and O–H groups in total. The first-order valence-corrected chi connectivity index (χ1v) is 9.54. The maximum Gasteiger partial charge on any atom is 0.293 e. The van der Waals surface area contributed by atoms with Crippen molar-refractivity contribution in [1.29, 1.82) is 0 Å². The lowest BCUT2D eigenvalue weighted by Gasteiger charge is -2.19. The van der Waals surface area contributed by atoms with E-state index in [-0.39, 0.29) is 29.6 Å². The molecular formula is C21H20FNO3S. The van der Waals surface area contributed by atoms with E-state index in [0.717, 1.165) is 23.7 Å². The Morgan fingerprint density at radius 3 is 2.52 bits per heavy atom. The molecule has 0 radical (unpaired) electrons. The number of amides is 2. The molecule has 1 aliphatic heterocycles. The number of carbonyl (C=O) groups excluding carboxylic acids is 2. The van der Waals surface area contributed by atoms with Crippen molar-refractivity contribution < 1.29 is 18.7 Å². The summed E-state index contributed by atoms with van der Waals surface area (Å²) in [5.74, 6) is 0.0495. The number of carbonyl (C=O) groups is 2. The summed E-state index contributed by atoms with van der Waals surface area (Å²) in [6, 6.07) is 13.5. The highest BCUT2D eigenvalue weighted by Crippen LogP contribution is 2.34. The second-order valence-electron chi connectivity index (χ2n) is 6.26.